The average molecular weight is 194 g/mol. The summed E-state index contributed by atoms with van der Waals surface area (Å²) in [5, 5.41) is 8.91. The Bertz CT molecular complexity index is 218. The fourth-order valence-electron chi connectivity index (χ4n) is 2.49. The fourth-order valence-corrected chi connectivity index (χ4v) is 2.49. The predicted octanol–water partition coefficient (Wildman–Crippen LogP) is 1.40. The molecule has 2 fully saturated rings. The van der Waals surface area contributed by atoms with E-state index >= 15 is 0 Å². The molecular weight excluding hydrogens is 176 g/mol. The number of ether oxygens (including phenoxy) is 1. The van der Waals surface area contributed by atoms with Crippen LogP contribution in [-0.4, -0.2) is 37.2 Å². The Morgan fingerprint density at radius 3 is 2.71 bits per heavy atom. The lowest BCUT2D eigenvalue weighted by atomic mass is 9.96. The minimum absolute atomic E-state index is 0.270. The second kappa shape index (κ2) is 4.77. The maximum atomic E-state index is 8.91. The molecule has 1 atom stereocenters. The number of rotatable bonds is 1. The van der Waals surface area contributed by atoms with E-state index in [1.807, 2.05) is 0 Å². The first-order valence-electron chi connectivity index (χ1n) is 5.61. The van der Waals surface area contributed by atoms with Crippen LogP contribution in [0.15, 0.2) is 0 Å². The lowest BCUT2D eigenvalue weighted by molar-refractivity contribution is 0.0223. The van der Waals surface area contributed by atoms with Gasteiger partial charge in [-0.1, -0.05) is 0 Å². The molecule has 1 unspecified atom stereocenters. The number of hydrogen-bond acceptors (Lipinski definition) is 3. The molecule has 2 aliphatic heterocycles. The summed E-state index contributed by atoms with van der Waals surface area (Å²) in [7, 11) is 0. The zero-order chi connectivity index (χ0) is 9.80. The van der Waals surface area contributed by atoms with Crippen molar-refractivity contribution in [2.24, 2.45) is 5.92 Å². The van der Waals surface area contributed by atoms with Crippen LogP contribution in [0.5, 0.6) is 0 Å². The van der Waals surface area contributed by atoms with E-state index in [2.05, 4.69) is 11.0 Å². The van der Waals surface area contributed by atoms with Crippen LogP contribution < -0.4 is 0 Å². The van der Waals surface area contributed by atoms with Gasteiger partial charge >= 0.3 is 0 Å². The lowest BCUT2D eigenvalue weighted by Gasteiger charge is -2.38. The molecule has 0 aromatic heterocycles. The molecule has 0 aliphatic carbocycles. The number of hydrogen-bond donors (Lipinski definition) is 0. The van der Waals surface area contributed by atoms with Crippen molar-refractivity contribution in [2.45, 2.75) is 31.7 Å². The highest BCUT2D eigenvalue weighted by Gasteiger charge is 2.26. The van der Waals surface area contributed by atoms with E-state index in [4.69, 9.17) is 10.00 Å². The molecule has 3 heteroatoms. The maximum Gasteiger partial charge on any atom is 0.0669 e. The van der Waals surface area contributed by atoms with E-state index in [1.54, 1.807) is 0 Å². The van der Waals surface area contributed by atoms with Crippen molar-refractivity contribution >= 4 is 0 Å². The molecule has 0 bridgehead atoms. The zero-order valence-electron chi connectivity index (χ0n) is 8.61. The van der Waals surface area contributed by atoms with E-state index < -0.39 is 0 Å². The van der Waals surface area contributed by atoms with Gasteiger partial charge in [-0.3, -0.25) is 4.90 Å². The van der Waals surface area contributed by atoms with Crippen molar-refractivity contribution in [3.63, 3.8) is 0 Å². The number of nitriles is 1. The van der Waals surface area contributed by atoms with Gasteiger partial charge in [-0.25, -0.2) is 0 Å². The Morgan fingerprint density at radius 1 is 1.21 bits per heavy atom. The molecule has 0 aromatic carbocycles. The van der Waals surface area contributed by atoms with Gasteiger partial charge in [-0.2, -0.15) is 5.26 Å². The Balaban J connectivity index is 1.87. The molecule has 0 spiro atoms. The van der Waals surface area contributed by atoms with Crippen LogP contribution >= 0.6 is 0 Å². The smallest absolute Gasteiger partial charge is 0.0669 e. The second-order valence-corrected chi connectivity index (χ2v) is 4.31. The number of likely N-dealkylation sites (tertiary alicyclic amines) is 1. The molecule has 2 saturated heterocycles. The third-order valence-corrected chi connectivity index (χ3v) is 3.34. The summed E-state index contributed by atoms with van der Waals surface area (Å²) in [4.78, 5) is 2.50. The van der Waals surface area contributed by atoms with Gasteiger partial charge in [0.1, 0.15) is 0 Å². The average Bonchev–Trinajstić information content (AvgIpc) is 2.30. The molecule has 2 heterocycles. The van der Waals surface area contributed by atoms with Crippen LogP contribution in [0.3, 0.4) is 0 Å². The summed E-state index contributed by atoms with van der Waals surface area (Å²) in [6.45, 7) is 3.97. The van der Waals surface area contributed by atoms with Crippen LogP contribution in [0.2, 0.25) is 0 Å². The molecular formula is C11H18N2O. The Kier molecular flexibility index (Phi) is 3.39. The van der Waals surface area contributed by atoms with Crippen LogP contribution in [0.1, 0.15) is 25.7 Å². The van der Waals surface area contributed by atoms with Crippen molar-refractivity contribution in [3.05, 3.63) is 0 Å². The standard InChI is InChI=1S/C11H18N2O/c12-8-10-2-1-5-13(9-10)11-3-6-14-7-4-11/h10-11H,1-7,9H2. The SMILES string of the molecule is N#CC1CCCN(C2CCOCC2)C1. The molecule has 0 amide bonds. The zero-order valence-corrected chi connectivity index (χ0v) is 8.61. The molecule has 2 aliphatic rings. The molecule has 0 aromatic rings. The highest BCUT2D eigenvalue weighted by Crippen LogP contribution is 2.22. The summed E-state index contributed by atoms with van der Waals surface area (Å²) in [5.74, 6) is 0.270. The molecule has 0 radical (unpaired) electrons. The lowest BCUT2D eigenvalue weighted by Crippen LogP contribution is -2.44. The molecule has 3 nitrogen and oxygen atoms in total. The van der Waals surface area contributed by atoms with Crippen LogP contribution in [0, 0.1) is 17.2 Å². The Morgan fingerprint density at radius 2 is 2.00 bits per heavy atom. The number of piperidine rings is 1. The molecule has 14 heavy (non-hydrogen) atoms. The highest BCUT2D eigenvalue weighted by atomic mass is 16.5. The first-order valence-corrected chi connectivity index (χ1v) is 5.61. The largest absolute Gasteiger partial charge is 0.381 e. The normalized spacial score (nSPS) is 31.2. The third-order valence-electron chi connectivity index (χ3n) is 3.34. The van der Waals surface area contributed by atoms with Gasteiger partial charge in [0.25, 0.3) is 0 Å². The number of nitrogens with zero attached hydrogens (tertiary/aromatic N) is 2. The summed E-state index contributed by atoms with van der Waals surface area (Å²) >= 11 is 0. The van der Waals surface area contributed by atoms with Crippen LogP contribution in [0.4, 0.5) is 0 Å². The van der Waals surface area contributed by atoms with Gasteiger partial charge in [0.2, 0.25) is 0 Å². The van der Waals surface area contributed by atoms with Gasteiger partial charge < -0.3 is 4.74 Å². The second-order valence-electron chi connectivity index (χ2n) is 4.31. The monoisotopic (exact) mass is 194 g/mol. The van der Waals surface area contributed by atoms with E-state index in [9.17, 15) is 0 Å². The van der Waals surface area contributed by atoms with Gasteiger partial charge in [0.15, 0.2) is 0 Å². The molecule has 0 saturated carbocycles. The predicted molar refractivity (Wildman–Crippen MR) is 53.8 cm³/mol. The molecule has 0 N–H and O–H groups in total. The summed E-state index contributed by atoms with van der Waals surface area (Å²) in [6, 6.07) is 3.08. The maximum absolute atomic E-state index is 8.91. The van der Waals surface area contributed by atoms with Crippen molar-refractivity contribution in [1.82, 2.24) is 4.90 Å². The van der Waals surface area contributed by atoms with E-state index in [-0.39, 0.29) is 5.92 Å². The van der Waals surface area contributed by atoms with Gasteiger partial charge in [0.05, 0.1) is 12.0 Å². The minimum atomic E-state index is 0.270. The fraction of sp³-hybridized carbons (Fsp3) is 0.909. The first kappa shape index (κ1) is 9.95. The third kappa shape index (κ3) is 2.26. The van der Waals surface area contributed by atoms with Crippen LogP contribution in [0.25, 0.3) is 0 Å². The van der Waals surface area contributed by atoms with E-state index in [0.29, 0.717) is 6.04 Å². The van der Waals surface area contributed by atoms with Gasteiger partial charge in [0, 0.05) is 25.8 Å². The Hall–Kier alpha value is -0.590. The van der Waals surface area contributed by atoms with Crippen LogP contribution in [-0.2, 0) is 4.74 Å². The van der Waals surface area contributed by atoms with Gasteiger partial charge in [-0.05, 0) is 32.2 Å². The highest BCUT2D eigenvalue weighted by molar-refractivity contribution is 4.90. The van der Waals surface area contributed by atoms with E-state index in [1.165, 1.54) is 13.0 Å². The Labute approximate surface area is 85.6 Å². The topological polar surface area (TPSA) is 36.3 Å². The molecule has 2 rings (SSSR count). The molecule has 78 valence electrons. The summed E-state index contributed by atoms with van der Waals surface area (Å²) < 4.78 is 5.35. The van der Waals surface area contributed by atoms with Crippen molar-refractivity contribution < 1.29 is 4.74 Å². The first-order chi connectivity index (χ1) is 6.90. The van der Waals surface area contributed by atoms with Crippen molar-refractivity contribution in [3.8, 4) is 6.07 Å². The quantitative estimate of drug-likeness (QED) is 0.633. The minimum Gasteiger partial charge on any atom is -0.381 e. The van der Waals surface area contributed by atoms with Gasteiger partial charge in [-0.15, -0.1) is 0 Å². The summed E-state index contributed by atoms with van der Waals surface area (Å²) in [6.07, 6.45) is 4.59. The van der Waals surface area contributed by atoms with Crippen molar-refractivity contribution in [2.75, 3.05) is 26.3 Å². The van der Waals surface area contributed by atoms with E-state index in [0.717, 1.165) is 39.0 Å². The summed E-state index contributed by atoms with van der Waals surface area (Å²) in [5.41, 5.74) is 0. The van der Waals surface area contributed by atoms with Crippen molar-refractivity contribution in [1.29, 1.82) is 5.26 Å².